The number of carbonyl (C=O) groups is 1. The topological polar surface area (TPSA) is 107 Å². The van der Waals surface area contributed by atoms with Crippen LogP contribution in [0.1, 0.15) is 36.8 Å². The fourth-order valence-corrected chi connectivity index (χ4v) is 7.02. The molecule has 7 atom stereocenters. The van der Waals surface area contributed by atoms with E-state index >= 15 is 0 Å². The highest BCUT2D eigenvalue weighted by molar-refractivity contribution is 5.90. The molecule has 4 N–H and O–H groups in total. The van der Waals surface area contributed by atoms with Crippen molar-refractivity contribution < 1.29 is 34.4 Å². The van der Waals surface area contributed by atoms with Gasteiger partial charge in [0.05, 0.1) is 13.6 Å². The number of hydrogen-bond donors (Lipinski definition) is 4. The standard InChI is InChI=1S/C21H25NO6/c1-22(9-10-2-3-10)14-8-11-4-5-12(23)16-15(11)21(17(25)19(22)26)18(28-16)13(24)6-7-20(14,21)27/h4-5,10,14,17-19,25-27H,2-3,6-9H2,1H3/p+1/t14-,17+,18-,19?,20+,21+,22+/m0/s1. The molecule has 1 spiro atoms. The quantitative estimate of drug-likeness (QED) is 0.530. The minimum Gasteiger partial charge on any atom is -0.504 e. The second-order valence-electron chi connectivity index (χ2n) is 9.76. The third-order valence-corrected chi connectivity index (χ3v) is 8.43. The van der Waals surface area contributed by atoms with Gasteiger partial charge in [-0.3, -0.25) is 9.28 Å². The Morgan fingerprint density at radius 1 is 1.29 bits per heavy atom. The van der Waals surface area contributed by atoms with Crippen molar-refractivity contribution in [2.75, 3.05) is 13.6 Å². The number of piperidine rings is 1. The van der Waals surface area contributed by atoms with E-state index in [-0.39, 0.29) is 40.6 Å². The van der Waals surface area contributed by atoms with Crippen LogP contribution in [0.4, 0.5) is 0 Å². The molecule has 28 heavy (non-hydrogen) atoms. The van der Waals surface area contributed by atoms with Crippen molar-refractivity contribution in [1.29, 1.82) is 0 Å². The zero-order valence-corrected chi connectivity index (χ0v) is 15.8. The Balaban J connectivity index is 1.66. The van der Waals surface area contributed by atoms with E-state index in [1.165, 1.54) is 0 Å². The Labute approximate surface area is 162 Å². The molecule has 2 bridgehead atoms. The summed E-state index contributed by atoms with van der Waals surface area (Å²) in [5, 5.41) is 45.4. The molecule has 0 radical (unpaired) electrons. The first-order chi connectivity index (χ1) is 13.2. The summed E-state index contributed by atoms with van der Waals surface area (Å²) in [5.41, 5.74) is -1.42. The maximum atomic E-state index is 12.9. The highest BCUT2D eigenvalue weighted by Crippen LogP contribution is 2.66. The molecule has 5 aliphatic rings. The van der Waals surface area contributed by atoms with Crippen LogP contribution in [-0.4, -0.2) is 74.4 Å². The van der Waals surface area contributed by atoms with Gasteiger partial charge in [-0.2, -0.15) is 0 Å². The smallest absolute Gasteiger partial charge is 0.218 e. The number of aliphatic hydroxyl groups excluding tert-OH is 2. The van der Waals surface area contributed by atoms with Gasteiger partial charge in [-0.1, -0.05) is 6.07 Å². The van der Waals surface area contributed by atoms with E-state index < -0.39 is 29.5 Å². The van der Waals surface area contributed by atoms with Crippen molar-refractivity contribution in [2.45, 2.75) is 67.6 Å². The second kappa shape index (κ2) is 4.90. The number of benzene rings is 1. The fraction of sp³-hybridized carbons (Fsp3) is 0.667. The van der Waals surface area contributed by atoms with Gasteiger partial charge in [0.1, 0.15) is 23.2 Å². The maximum absolute atomic E-state index is 12.9. The van der Waals surface area contributed by atoms with Gasteiger partial charge in [0.25, 0.3) is 0 Å². The van der Waals surface area contributed by atoms with Crippen molar-refractivity contribution >= 4 is 5.78 Å². The van der Waals surface area contributed by atoms with Crippen molar-refractivity contribution in [1.82, 2.24) is 0 Å². The molecule has 1 saturated heterocycles. The van der Waals surface area contributed by atoms with Gasteiger partial charge < -0.3 is 25.2 Å². The number of aromatic hydroxyl groups is 1. The Kier molecular flexibility index (Phi) is 3.01. The van der Waals surface area contributed by atoms with Crippen molar-refractivity contribution in [3.63, 3.8) is 0 Å². The number of carbonyl (C=O) groups excluding carboxylic acids is 1. The Morgan fingerprint density at radius 3 is 2.75 bits per heavy atom. The molecule has 3 fully saturated rings. The lowest BCUT2D eigenvalue weighted by Gasteiger charge is -2.67. The van der Waals surface area contributed by atoms with Gasteiger partial charge in [-0.05, 0) is 30.9 Å². The maximum Gasteiger partial charge on any atom is 0.218 e. The van der Waals surface area contributed by atoms with E-state index in [1.54, 1.807) is 12.1 Å². The molecule has 0 amide bonds. The third kappa shape index (κ3) is 1.62. The van der Waals surface area contributed by atoms with Crippen molar-refractivity contribution in [3.05, 3.63) is 23.3 Å². The predicted molar refractivity (Wildman–Crippen MR) is 96.7 cm³/mol. The Hall–Kier alpha value is -1.67. The summed E-state index contributed by atoms with van der Waals surface area (Å²) in [4.78, 5) is 12.9. The first-order valence-corrected chi connectivity index (χ1v) is 10.2. The first kappa shape index (κ1) is 17.2. The number of hydrogen-bond acceptors (Lipinski definition) is 6. The molecule has 6 rings (SSSR count). The lowest BCUT2D eigenvalue weighted by Crippen LogP contribution is -2.88. The van der Waals surface area contributed by atoms with Crippen LogP contribution >= 0.6 is 0 Å². The lowest BCUT2D eigenvalue weighted by molar-refractivity contribution is -0.996. The van der Waals surface area contributed by atoms with E-state index in [0.717, 1.165) is 18.4 Å². The van der Waals surface area contributed by atoms with Crippen molar-refractivity contribution in [2.24, 2.45) is 5.92 Å². The SMILES string of the molecule is C[N@+]1(CC2CC2)C(O)[C@@H](O)[C@]23c4c5ccc(O)c4O[C@H]2C(=O)CC[C@@]3(O)[C@@H]1C5. The van der Waals surface area contributed by atoms with Gasteiger partial charge in [0.2, 0.25) is 6.23 Å². The number of ether oxygens (including phenoxy) is 1. The molecule has 2 aliphatic heterocycles. The van der Waals surface area contributed by atoms with Crippen LogP contribution in [-0.2, 0) is 16.6 Å². The monoisotopic (exact) mass is 388 g/mol. The zero-order valence-electron chi connectivity index (χ0n) is 15.8. The van der Waals surface area contributed by atoms with Crippen LogP contribution in [0.2, 0.25) is 0 Å². The fourth-order valence-electron chi connectivity index (χ4n) is 7.02. The van der Waals surface area contributed by atoms with E-state index in [1.807, 2.05) is 7.05 Å². The average molecular weight is 388 g/mol. The second-order valence-corrected chi connectivity index (χ2v) is 9.76. The molecule has 3 aliphatic carbocycles. The van der Waals surface area contributed by atoms with E-state index in [4.69, 9.17) is 4.74 Å². The van der Waals surface area contributed by atoms with Gasteiger partial charge >= 0.3 is 0 Å². The molecular weight excluding hydrogens is 362 g/mol. The molecule has 7 nitrogen and oxygen atoms in total. The molecular formula is C21H26NO6+. The number of rotatable bonds is 2. The van der Waals surface area contributed by atoms with E-state index in [9.17, 15) is 25.2 Å². The molecule has 1 aromatic carbocycles. The number of quaternary nitrogens is 1. The summed E-state index contributed by atoms with van der Waals surface area (Å²) in [7, 11) is 1.93. The third-order valence-electron chi connectivity index (χ3n) is 8.43. The number of likely N-dealkylation sites (N-methyl/N-ethyl adjacent to an activating group) is 1. The summed E-state index contributed by atoms with van der Waals surface area (Å²) in [6.07, 6.45) is -0.480. The number of ketones is 1. The summed E-state index contributed by atoms with van der Waals surface area (Å²) < 4.78 is 6.11. The Bertz CT molecular complexity index is 914. The molecule has 7 heteroatoms. The van der Waals surface area contributed by atoms with Crippen LogP contribution in [0.25, 0.3) is 0 Å². The largest absolute Gasteiger partial charge is 0.504 e. The molecule has 0 aromatic heterocycles. The number of phenolic OH excluding ortho intramolecular Hbond substituents is 1. The van der Waals surface area contributed by atoms with Crippen molar-refractivity contribution in [3.8, 4) is 11.5 Å². The zero-order chi connectivity index (χ0) is 19.6. The molecule has 2 saturated carbocycles. The van der Waals surface area contributed by atoms with E-state index in [2.05, 4.69) is 0 Å². The van der Waals surface area contributed by atoms with Crippen LogP contribution in [0.15, 0.2) is 12.1 Å². The minimum absolute atomic E-state index is 0.0985. The summed E-state index contributed by atoms with van der Waals surface area (Å²) in [6.45, 7) is 0.695. The number of nitrogens with zero attached hydrogens (tertiary/aromatic N) is 1. The first-order valence-electron chi connectivity index (χ1n) is 10.2. The summed E-state index contributed by atoms with van der Waals surface area (Å²) in [5.74, 6) is 0.372. The number of Topliss-reactive ketones (excluding diaryl/α,β-unsaturated/α-hetero) is 1. The lowest BCUT2D eigenvalue weighted by atomic mass is 9.47. The molecule has 1 unspecified atom stereocenters. The van der Waals surface area contributed by atoms with Gasteiger partial charge in [-0.25, -0.2) is 0 Å². The number of phenols is 1. The summed E-state index contributed by atoms with van der Waals surface area (Å²) in [6, 6.07) is 3.01. The number of aliphatic hydroxyl groups is 3. The van der Waals surface area contributed by atoms with Crippen LogP contribution in [0.5, 0.6) is 11.5 Å². The van der Waals surface area contributed by atoms with Crippen LogP contribution in [0.3, 0.4) is 0 Å². The average Bonchev–Trinajstić information content (AvgIpc) is 3.38. The van der Waals surface area contributed by atoms with Crippen LogP contribution < -0.4 is 4.74 Å². The highest BCUT2D eigenvalue weighted by Gasteiger charge is 2.82. The highest BCUT2D eigenvalue weighted by atomic mass is 16.5. The molecule has 2 heterocycles. The summed E-state index contributed by atoms with van der Waals surface area (Å²) >= 11 is 0. The van der Waals surface area contributed by atoms with Gasteiger partial charge in [0.15, 0.2) is 23.4 Å². The van der Waals surface area contributed by atoms with E-state index in [0.29, 0.717) is 24.4 Å². The number of likely N-dealkylation sites (tertiary alicyclic amines) is 1. The Morgan fingerprint density at radius 2 is 2.04 bits per heavy atom. The molecule has 1 aromatic rings. The van der Waals surface area contributed by atoms with Gasteiger partial charge in [-0.15, -0.1) is 0 Å². The molecule has 150 valence electrons. The van der Waals surface area contributed by atoms with Crippen LogP contribution in [0, 0.1) is 5.92 Å². The van der Waals surface area contributed by atoms with Gasteiger partial charge in [0, 0.05) is 24.3 Å². The minimum atomic E-state index is -1.44. The normalized spacial score (nSPS) is 48.2. The predicted octanol–water partition coefficient (Wildman–Crippen LogP) is -0.0408.